The minimum atomic E-state index is -0.0358. The Morgan fingerprint density at radius 2 is 1.90 bits per heavy atom. The lowest BCUT2D eigenvalue weighted by atomic mass is 10.1. The molecule has 1 aromatic heterocycles. The van der Waals surface area contributed by atoms with Gasteiger partial charge in [0.1, 0.15) is 5.82 Å². The Morgan fingerprint density at radius 1 is 1.19 bits per heavy atom. The second-order valence-corrected chi connectivity index (χ2v) is 5.37. The molecule has 1 N–H and O–H groups in total. The lowest BCUT2D eigenvalue weighted by Gasteiger charge is -2.15. The molecule has 0 aliphatic rings. The molecule has 0 saturated heterocycles. The Labute approximate surface area is 125 Å². The average molecular weight is 283 g/mol. The van der Waals surface area contributed by atoms with Crippen molar-refractivity contribution in [2.24, 2.45) is 0 Å². The average Bonchev–Trinajstić information content (AvgIpc) is 2.48. The SMILES string of the molecule is CC(Cc1ccccc1)Nc1ccc(C(=O)N(C)C)cn1. The summed E-state index contributed by atoms with van der Waals surface area (Å²) in [7, 11) is 3.47. The van der Waals surface area contributed by atoms with Gasteiger partial charge in [-0.25, -0.2) is 4.98 Å². The highest BCUT2D eigenvalue weighted by molar-refractivity contribution is 5.93. The third-order valence-corrected chi connectivity index (χ3v) is 3.20. The summed E-state index contributed by atoms with van der Waals surface area (Å²) >= 11 is 0. The number of anilines is 1. The van der Waals surface area contributed by atoms with E-state index in [0.29, 0.717) is 5.56 Å². The predicted molar refractivity (Wildman–Crippen MR) is 85.5 cm³/mol. The van der Waals surface area contributed by atoms with Crippen molar-refractivity contribution in [1.29, 1.82) is 0 Å². The van der Waals surface area contributed by atoms with Crippen molar-refractivity contribution in [2.45, 2.75) is 19.4 Å². The van der Waals surface area contributed by atoms with Gasteiger partial charge in [-0.05, 0) is 31.0 Å². The van der Waals surface area contributed by atoms with Crippen molar-refractivity contribution in [3.05, 3.63) is 59.8 Å². The summed E-state index contributed by atoms with van der Waals surface area (Å²) in [5.74, 6) is 0.750. The molecule has 0 bridgehead atoms. The Morgan fingerprint density at radius 3 is 2.48 bits per heavy atom. The second kappa shape index (κ2) is 6.88. The van der Waals surface area contributed by atoms with Crippen LogP contribution in [-0.2, 0) is 6.42 Å². The molecule has 1 atom stereocenters. The van der Waals surface area contributed by atoms with Crippen LogP contribution in [0.3, 0.4) is 0 Å². The minimum Gasteiger partial charge on any atom is -0.367 e. The molecular formula is C17H21N3O. The molecule has 21 heavy (non-hydrogen) atoms. The molecule has 2 rings (SSSR count). The van der Waals surface area contributed by atoms with Gasteiger partial charge in [0, 0.05) is 26.3 Å². The highest BCUT2D eigenvalue weighted by atomic mass is 16.2. The van der Waals surface area contributed by atoms with E-state index in [1.54, 1.807) is 31.3 Å². The number of rotatable bonds is 5. The van der Waals surface area contributed by atoms with Crippen molar-refractivity contribution < 1.29 is 4.79 Å². The zero-order valence-corrected chi connectivity index (χ0v) is 12.7. The molecule has 0 saturated carbocycles. The van der Waals surface area contributed by atoms with Gasteiger partial charge in [0.2, 0.25) is 0 Å². The van der Waals surface area contributed by atoms with Gasteiger partial charge in [0.15, 0.2) is 0 Å². The first-order chi connectivity index (χ1) is 10.1. The molecule has 0 radical (unpaired) electrons. The van der Waals surface area contributed by atoms with Crippen LogP contribution in [0.1, 0.15) is 22.8 Å². The Kier molecular flexibility index (Phi) is 4.93. The number of pyridine rings is 1. The van der Waals surface area contributed by atoms with E-state index in [2.05, 4.69) is 29.4 Å². The molecule has 2 aromatic rings. The normalized spacial score (nSPS) is 11.8. The van der Waals surface area contributed by atoms with Gasteiger partial charge in [-0.2, -0.15) is 0 Å². The van der Waals surface area contributed by atoms with E-state index >= 15 is 0 Å². The van der Waals surface area contributed by atoms with Crippen LogP contribution in [0, 0.1) is 0 Å². The first kappa shape index (κ1) is 15.0. The number of amides is 1. The third-order valence-electron chi connectivity index (χ3n) is 3.20. The fourth-order valence-electron chi connectivity index (χ4n) is 2.14. The zero-order valence-electron chi connectivity index (χ0n) is 12.7. The number of nitrogens with zero attached hydrogens (tertiary/aromatic N) is 2. The molecule has 1 amide bonds. The van der Waals surface area contributed by atoms with Crippen LogP contribution in [0.15, 0.2) is 48.7 Å². The van der Waals surface area contributed by atoms with Crippen molar-refractivity contribution in [3.8, 4) is 0 Å². The first-order valence-corrected chi connectivity index (χ1v) is 7.04. The van der Waals surface area contributed by atoms with Gasteiger partial charge in [-0.15, -0.1) is 0 Å². The first-order valence-electron chi connectivity index (χ1n) is 7.04. The summed E-state index contributed by atoms with van der Waals surface area (Å²) in [5.41, 5.74) is 1.89. The fraction of sp³-hybridized carbons (Fsp3) is 0.294. The molecule has 0 spiro atoms. The van der Waals surface area contributed by atoms with E-state index in [1.807, 2.05) is 24.3 Å². The lowest BCUT2D eigenvalue weighted by molar-refractivity contribution is 0.0827. The zero-order chi connectivity index (χ0) is 15.2. The summed E-state index contributed by atoms with van der Waals surface area (Å²) in [5, 5.41) is 3.35. The predicted octanol–water partition coefficient (Wildman–Crippen LogP) is 2.83. The van der Waals surface area contributed by atoms with Crippen LogP contribution in [0.4, 0.5) is 5.82 Å². The quantitative estimate of drug-likeness (QED) is 0.917. The molecule has 0 aliphatic heterocycles. The Bertz CT molecular complexity index is 579. The monoisotopic (exact) mass is 283 g/mol. The van der Waals surface area contributed by atoms with Crippen molar-refractivity contribution in [3.63, 3.8) is 0 Å². The molecule has 0 aliphatic carbocycles. The maximum Gasteiger partial charge on any atom is 0.254 e. The van der Waals surface area contributed by atoms with Gasteiger partial charge in [0.25, 0.3) is 5.91 Å². The number of nitrogens with one attached hydrogen (secondary N) is 1. The van der Waals surface area contributed by atoms with Gasteiger partial charge in [-0.1, -0.05) is 30.3 Å². The largest absolute Gasteiger partial charge is 0.367 e. The second-order valence-electron chi connectivity index (χ2n) is 5.37. The van der Waals surface area contributed by atoms with Crippen LogP contribution < -0.4 is 5.32 Å². The van der Waals surface area contributed by atoms with Gasteiger partial charge >= 0.3 is 0 Å². The fourth-order valence-corrected chi connectivity index (χ4v) is 2.14. The summed E-state index contributed by atoms with van der Waals surface area (Å²) in [4.78, 5) is 17.6. The summed E-state index contributed by atoms with van der Waals surface area (Å²) in [6.07, 6.45) is 2.54. The van der Waals surface area contributed by atoms with E-state index in [0.717, 1.165) is 12.2 Å². The molecule has 1 heterocycles. The van der Waals surface area contributed by atoms with Crippen LogP contribution in [0.5, 0.6) is 0 Å². The molecule has 1 unspecified atom stereocenters. The van der Waals surface area contributed by atoms with E-state index in [9.17, 15) is 4.79 Å². The van der Waals surface area contributed by atoms with Crippen LogP contribution >= 0.6 is 0 Å². The molecule has 0 fully saturated rings. The molecule has 4 heteroatoms. The Hall–Kier alpha value is -2.36. The van der Waals surface area contributed by atoms with Crippen molar-refractivity contribution >= 4 is 11.7 Å². The maximum absolute atomic E-state index is 11.8. The topological polar surface area (TPSA) is 45.2 Å². The third kappa shape index (κ3) is 4.31. The molecule has 1 aromatic carbocycles. The lowest BCUT2D eigenvalue weighted by Crippen LogP contribution is -2.22. The molecule has 110 valence electrons. The number of carbonyl (C=O) groups is 1. The number of hydrogen-bond donors (Lipinski definition) is 1. The number of benzene rings is 1. The number of hydrogen-bond acceptors (Lipinski definition) is 3. The molecular weight excluding hydrogens is 262 g/mol. The van der Waals surface area contributed by atoms with Crippen LogP contribution in [0.2, 0.25) is 0 Å². The van der Waals surface area contributed by atoms with Crippen LogP contribution in [0.25, 0.3) is 0 Å². The molecule has 4 nitrogen and oxygen atoms in total. The number of aromatic nitrogens is 1. The Balaban J connectivity index is 1.95. The van der Waals surface area contributed by atoms with Gasteiger partial charge in [-0.3, -0.25) is 4.79 Å². The summed E-state index contributed by atoms with van der Waals surface area (Å²) < 4.78 is 0. The minimum absolute atomic E-state index is 0.0358. The highest BCUT2D eigenvalue weighted by Gasteiger charge is 2.09. The number of carbonyl (C=O) groups excluding carboxylic acids is 1. The van der Waals surface area contributed by atoms with E-state index < -0.39 is 0 Å². The maximum atomic E-state index is 11.8. The summed E-state index contributed by atoms with van der Waals surface area (Å²) in [6, 6.07) is 14.3. The standard InChI is InChI=1S/C17H21N3O/c1-13(11-14-7-5-4-6-8-14)19-16-10-9-15(12-18-16)17(21)20(2)3/h4-10,12-13H,11H2,1-3H3,(H,18,19). The van der Waals surface area contributed by atoms with Crippen molar-refractivity contribution in [2.75, 3.05) is 19.4 Å². The van der Waals surface area contributed by atoms with Crippen LogP contribution in [-0.4, -0.2) is 35.9 Å². The van der Waals surface area contributed by atoms with Gasteiger partial charge < -0.3 is 10.2 Å². The smallest absolute Gasteiger partial charge is 0.254 e. The van der Waals surface area contributed by atoms with E-state index in [-0.39, 0.29) is 11.9 Å². The van der Waals surface area contributed by atoms with E-state index in [1.165, 1.54) is 5.56 Å². The van der Waals surface area contributed by atoms with Crippen molar-refractivity contribution in [1.82, 2.24) is 9.88 Å². The summed E-state index contributed by atoms with van der Waals surface area (Å²) in [6.45, 7) is 2.12. The van der Waals surface area contributed by atoms with E-state index in [4.69, 9.17) is 0 Å². The highest BCUT2D eigenvalue weighted by Crippen LogP contribution is 2.10. The van der Waals surface area contributed by atoms with Gasteiger partial charge in [0.05, 0.1) is 5.56 Å².